The fourth-order valence-electron chi connectivity index (χ4n) is 1.49. The van der Waals surface area contributed by atoms with Crippen molar-refractivity contribution in [1.29, 1.82) is 0 Å². The van der Waals surface area contributed by atoms with Gasteiger partial charge in [0.25, 0.3) is 5.69 Å². The second-order valence-electron chi connectivity index (χ2n) is 3.86. The normalized spacial score (nSPS) is 10.1. The van der Waals surface area contributed by atoms with E-state index in [-0.39, 0.29) is 5.69 Å². The lowest BCUT2D eigenvalue weighted by Gasteiger charge is -2.06. The van der Waals surface area contributed by atoms with Crippen LogP contribution in [0.15, 0.2) is 36.5 Å². The van der Waals surface area contributed by atoms with E-state index in [2.05, 4.69) is 10.3 Å². The largest absolute Gasteiger partial charge is 0.399 e. The molecule has 0 amide bonds. The highest BCUT2D eigenvalue weighted by Gasteiger charge is 2.11. The molecule has 0 aliphatic rings. The average molecular weight is 244 g/mol. The summed E-state index contributed by atoms with van der Waals surface area (Å²) >= 11 is 0. The third-order valence-corrected chi connectivity index (χ3v) is 2.45. The molecule has 2 aromatic rings. The Morgan fingerprint density at radius 3 is 2.61 bits per heavy atom. The molecule has 0 saturated carbocycles. The maximum atomic E-state index is 10.8. The highest BCUT2D eigenvalue weighted by molar-refractivity contribution is 5.61. The first kappa shape index (κ1) is 11.8. The van der Waals surface area contributed by atoms with E-state index in [1.807, 2.05) is 0 Å². The van der Waals surface area contributed by atoms with Crippen molar-refractivity contribution in [2.75, 3.05) is 11.1 Å². The number of nitrogen functional groups attached to an aromatic ring is 1. The third-order valence-electron chi connectivity index (χ3n) is 2.45. The molecule has 3 N–H and O–H groups in total. The molecule has 6 nitrogen and oxygen atoms in total. The van der Waals surface area contributed by atoms with Crippen LogP contribution in [0, 0.1) is 17.0 Å². The van der Waals surface area contributed by atoms with Crippen LogP contribution in [0.5, 0.6) is 0 Å². The summed E-state index contributed by atoms with van der Waals surface area (Å²) < 4.78 is 0. The van der Waals surface area contributed by atoms with Crippen LogP contribution >= 0.6 is 0 Å². The van der Waals surface area contributed by atoms with Crippen LogP contribution in [0.1, 0.15) is 5.56 Å². The zero-order chi connectivity index (χ0) is 13.1. The Labute approximate surface area is 104 Å². The molecule has 0 radical (unpaired) electrons. The number of nitrogens with one attached hydrogen (secondary N) is 1. The summed E-state index contributed by atoms with van der Waals surface area (Å²) in [6.45, 7) is 1.65. The predicted molar refractivity (Wildman–Crippen MR) is 69.8 cm³/mol. The number of nitrogens with two attached hydrogens (primary N) is 1. The Bertz CT molecular complexity index is 581. The lowest BCUT2D eigenvalue weighted by atomic mass is 10.2. The molecule has 1 aromatic heterocycles. The number of nitrogens with zero attached hydrogens (tertiary/aromatic N) is 2. The Morgan fingerprint density at radius 1 is 1.33 bits per heavy atom. The van der Waals surface area contributed by atoms with Gasteiger partial charge in [0.2, 0.25) is 0 Å². The van der Waals surface area contributed by atoms with E-state index in [0.717, 1.165) is 5.69 Å². The standard InChI is InChI=1S/C12H12N4O2/c1-8-7-14-12(6-11(8)16(17)18)15-10-4-2-9(13)3-5-10/h2-7H,13H2,1H3,(H,14,15). The number of rotatable bonds is 3. The number of anilines is 3. The van der Waals surface area contributed by atoms with Crippen LogP contribution in [0.25, 0.3) is 0 Å². The minimum absolute atomic E-state index is 0.0444. The second kappa shape index (κ2) is 4.70. The second-order valence-corrected chi connectivity index (χ2v) is 3.86. The highest BCUT2D eigenvalue weighted by Crippen LogP contribution is 2.22. The smallest absolute Gasteiger partial charge is 0.277 e. The summed E-state index contributed by atoms with van der Waals surface area (Å²) in [5.41, 5.74) is 7.57. The summed E-state index contributed by atoms with van der Waals surface area (Å²) in [4.78, 5) is 14.5. The average Bonchev–Trinajstić information content (AvgIpc) is 2.34. The monoisotopic (exact) mass is 244 g/mol. The number of aromatic nitrogens is 1. The molecule has 0 aliphatic heterocycles. The molecule has 0 spiro atoms. The molecular formula is C12H12N4O2. The summed E-state index contributed by atoms with van der Waals surface area (Å²) in [6, 6.07) is 8.45. The lowest BCUT2D eigenvalue weighted by Crippen LogP contribution is -1.98. The summed E-state index contributed by atoms with van der Waals surface area (Å²) in [5, 5.41) is 13.8. The van der Waals surface area contributed by atoms with Gasteiger partial charge in [-0.3, -0.25) is 10.1 Å². The molecule has 0 fully saturated rings. The lowest BCUT2D eigenvalue weighted by molar-refractivity contribution is -0.385. The zero-order valence-corrected chi connectivity index (χ0v) is 9.75. The van der Waals surface area contributed by atoms with Gasteiger partial charge in [0.1, 0.15) is 5.82 Å². The van der Waals surface area contributed by atoms with E-state index in [1.54, 1.807) is 31.2 Å². The van der Waals surface area contributed by atoms with Crippen molar-refractivity contribution in [2.45, 2.75) is 6.92 Å². The van der Waals surface area contributed by atoms with Gasteiger partial charge in [-0.05, 0) is 31.2 Å². The molecule has 6 heteroatoms. The molecule has 0 bridgehead atoms. The molecule has 0 atom stereocenters. The molecule has 1 heterocycles. The minimum atomic E-state index is -0.425. The summed E-state index contributed by atoms with van der Waals surface area (Å²) in [6.07, 6.45) is 1.47. The Balaban J connectivity index is 2.27. The summed E-state index contributed by atoms with van der Waals surface area (Å²) in [5.74, 6) is 0.428. The SMILES string of the molecule is Cc1cnc(Nc2ccc(N)cc2)cc1[N+](=O)[O-]. The molecule has 0 saturated heterocycles. The van der Waals surface area contributed by atoms with E-state index in [0.29, 0.717) is 17.1 Å². The zero-order valence-electron chi connectivity index (χ0n) is 9.75. The van der Waals surface area contributed by atoms with E-state index in [9.17, 15) is 10.1 Å². The Morgan fingerprint density at radius 2 is 2.00 bits per heavy atom. The summed E-state index contributed by atoms with van der Waals surface area (Å²) in [7, 11) is 0. The number of benzene rings is 1. The van der Waals surface area contributed by atoms with Crippen molar-refractivity contribution in [3.8, 4) is 0 Å². The van der Waals surface area contributed by atoms with Crippen LogP contribution < -0.4 is 11.1 Å². The van der Waals surface area contributed by atoms with Gasteiger partial charge in [-0.1, -0.05) is 0 Å². The molecule has 0 aliphatic carbocycles. The van der Waals surface area contributed by atoms with E-state index in [4.69, 9.17) is 5.73 Å². The maximum absolute atomic E-state index is 10.8. The first-order valence-corrected chi connectivity index (χ1v) is 5.30. The van der Waals surface area contributed by atoms with E-state index >= 15 is 0 Å². The van der Waals surface area contributed by atoms with Gasteiger partial charge in [-0.2, -0.15) is 0 Å². The van der Waals surface area contributed by atoms with Gasteiger partial charge < -0.3 is 11.1 Å². The molecule has 2 rings (SSSR count). The van der Waals surface area contributed by atoms with Crippen LogP contribution in [0.2, 0.25) is 0 Å². The van der Waals surface area contributed by atoms with Gasteiger partial charge in [-0.15, -0.1) is 0 Å². The fourth-order valence-corrected chi connectivity index (χ4v) is 1.49. The van der Waals surface area contributed by atoms with Crippen LogP contribution in [0.3, 0.4) is 0 Å². The quantitative estimate of drug-likeness (QED) is 0.491. The number of aryl methyl sites for hydroxylation is 1. The highest BCUT2D eigenvalue weighted by atomic mass is 16.6. The Hall–Kier alpha value is -2.63. The van der Waals surface area contributed by atoms with Crippen molar-refractivity contribution in [3.05, 3.63) is 52.2 Å². The molecule has 1 aromatic carbocycles. The molecule has 92 valence electrons. The number of hydrogen-bond acceptors (Lipinski definition) is 5. The molecular weight excluding hydrogens is 232 g/mol. The molecule has 0 unspecified atom stereocenters. The van der Waals surface area contributed by atoms with Gasteiger partial charge in [0.05, 0.1) is 11.0 Å². The van der Waals surface area contributed by atoms with Crippen LogP contribution in [0.4, 0.5) is 22.9 Å². The first-order chi connectivity index (χ1) is 8.56. The fraction of sp³-hybridized carbons (Fsp3) is 0.0833. The van der Waals surface area contributed by atoms with Crippen molar-refractivity contribution in [3.63, 3.8) is 0 Å². The van der Waals surface area contributed by atoms with E-state index < -0.39 is 4.92 Å². The molecule has 18 heavy (non-hydrogen) atoms. The third kappa shape index (κ3) is 2.54. The Kier molecular flexibility index (Phi) is 3.09. The van der Waals surface area contributed by atoms with Gasteiger partial charge in [-0.25, -0.2) is 4.98 Å². The predicted octanol–water partition coefficient (Wildman–Crippen LogP) is 2.62. The van der Waals surface area contributed by atoms with Crippen molar-refractivity contribution >= 4 is 22.9 Å². The minimum Gasteiger partial charge on any atom is -0.399 e. The van der Waals surface area contributed by atoms with Crippen molar-refractivity contribution < 1.29 is 4.92 Å². The number of pyridine rings is 1. The number of nitro groups is 1. The number of hydrogen-bond donors (Lipinski definition) is 2. The topological polar surface area (TPSA) is 94.1 Å². The van der Waals surface area contributed by atoms with Crippen LogP contribution in [-0.4, -0.2) is 9.91 Å². The van der Waals surface area contributed by atoms with E-state index in [1.165, 1.54) is 12.3 Å². The van der Waals surface area contributed by atoms with Gasteiger partial charge in [0, 0.05) is 23.1 Å². The van der Waals surface area contributed by atoms with Crippen molar-refractivity contribution in [1.82, 2.24) is 4.98 Å². The van der Waals surface area contributed by atoms with Gasteiger partial charge >= 0.3 is 0 Å². The van der Waals surface area contributed by atoms with Gasteiger partial charge in [0.15, 0.2) is 0 Å². The maximum Gasteiger partial charge on any atom is 0.277 e. The first-order valence-electron chi connectivity index (χ1n) is 5.30. The van der Waals surface area contributed by atoms with Crippen molar-refractivity contribution in [2.24, 2.45) is 0 Å². The van der Waals surface area contributed by atoms with Crippen LogP contribution in [-0.2, 0) is 0 Å².